The summed E-state index contributed by atoms with van der Waals surface area (Å²) in [6.07, 6.45) is 2.21. The summed E-state index contributed by atoms with van der Waals surface area (Å²) < 4.78 is 5.22. The molecule has 5 nitrogen and oxygen atoms in total. The highest BCUT2D eigenvalue weighted by Crippen LogP contribution is 2.20. The van der Waals surface area contributed by atoms with E-state index in [1.54, 1.807) is 0 Å². The third kappa shape index (κ3) is 2.54. The molecule has 2 heterocycles. The SMILES string of the molecule is O=C(Cc1noc2ccccc12)N1CCCC(CO)C1. The van der Waals surface area contributed by atoms with Crippen LogP contribution in [0.25, 0.3) is 11.0 Å². The first-order valence-corrected chi connectivity index (χ1v) is 7.00. The zero-order chi connectivity index (χ0) is 13.9. The Labute approximate surface area is 117 Å². The molecule has 1 aromatic carbocycles. The molecule has 1 fully saturated rings. The lowest BCUT2D eigenvalue weighted by atomic mass is 9.98. The summed E-state index contributed by atoms with van der Waals surface area (Å²) in [5, 5.41) is 14.1. The normalized spacial score (nSPS) is 19.4. The van der Waals surface area contributed by atoms with Crippen molar-refractivity contribution in [2.24, 2.45) is 5.92 Å². The molecule has 1 saturated heterocycles. The Morgan fingerprint density at radius 3 is 3.15 bits per heavy atom. The molecule has 0 bridgehead atoms. The van der Waals surface area contributed by atoms with Gasteiger partial charge in [0.1, 0.15) is 5.69 Å². The number of fused-ring (bicyclic) bond motifs is 1. The smallest absolute Gasteiger partial charge is 0.228 e. The minimum Gasteiger partial charge on any atom is -0.396 e. The van der Waals surface area contributed by atoms with Crippen molar-refractivity contribution >= 4 is 16.9 Å². The van der Waals surface area contributed by atoms with E-state index in [1.165, 1.54) is 0 Å². The second-order valence-electron chi connectivity index (χ2n) is 5.33. The number of amides is 1. The Balaban J connectivity index is 1.72. The largest absolute Gasteiger partial charge is 0.396 e. The number of para-hydroxylation sites is 1. The van der Waals surface area contributed by atoms with Crippen molar-refractivity contribution in [3.63, 3.8) is 0 Å². The lowest BCUT2D eigenvalue weighted by molar-refractivity contribution is -0.132. The molecule has 1 aromatic heterocycles. The van der Waals surface area contributed by atoms with Crippen LogP contribution in [0.5, 0.6) is 0 Å². The molecule has 0 radical (unpaired) electrons. The van der Waals surface area contributed by atoms with Gasteiger partial charge in [-0.3, -0.25) is 4.79 Å². The van der Waals surface area contributed by atoms with E-state index >= 15 is 0 Å². The second kappa shape index (κ2) is 5.63. The third-order valence-corrected chi connectivity index (χ3v) is 3.90. The van der Waals surface area contributed by atoms with Crippen LogP contribution in [0.3, 0.4) is 0 Å². The number of nitrogens with zero attached hydrogens (tertiary/aromatic N) is 2. The summed E-state index contributed by atoms with van der Waals surface area (Å²) in [4.78, 5) is 14.2. The van der Waals surface area contributed by atoms with Gasteiger partial charge in [-0.25, -0.2) is 0 Å². The predicted molar refractivity (Wildman–Crippen MR) is 74.1 cm³/mol. The van der Waals surface area contributed by atoms with E-state index in [9.17, 15) is 9.90 Å². The number of aliphatic hydroxyl groups excluding tert-OH is 1. The number of rotatable bonds is 3. The van der Waals surface area contributed by atoms with E-state index in [0.717, 1.165) is 24.8 Å². The summed E-state index contributed by atoms with van der Waals surface area (Å²) in [6, 6.07) is 7.56. The summed E-state index contributed by atoms with van der Waals surface area (Å²) in [6.45, 7) is 1.56. The Morgan fingerprint density at radius 1 is 1.45 bits per heavy atom. The Bertz CT molecular complexity index is 608. The highest BCUT2D eigenvalue weighted by Gasteiger charge is 2.24. The van der Waals surface area contributed by atoms with Gasteiger partial charge in [0.15, 0.2) is 5.58 Å². The van der Waals surface area contributed by atoms with Gasteiger partial charge in [0.25, 0.3) is 0 Å². The second-order valence-corrected chi connectivity index (χ2v) is 5.33. The molecule has 1 atom stereocenters. The highest BCUT2D eigenvalue weighted by molar-refractivity contribution is 5.86. The molecule has 3 rings (SSSR count). The zero-order valence-electron chi connectivity index (χ0n) is 11.3. The number of aromatic nitrogens is 1. The van der Waals surface area contributed by atoms with Gasteiger partial charge in [0.05, 0.1) is 6.42 Å². The molecule has 5 heteroatoms. The molecule has 20 heavy (non-hydrogen) atoms. The highest BCUT2D eigenvalue weighted by atomic mass is 16.5. The van der Waals surface area contributed by atoms with Gasteiger partial charge in [-0.1, -0.05) is 17.3 Å². The van der Waals surface area contributed by atoms with Gasteiger partial charge in [0, 0.05) is 25.1 Å². The molecule has 106 valence electrons. The third-order valence-electron chi connectivity index (χ3n) is 3.90. The Morgan fingerprint density at radius 2 is 2.30 bits per heavy atom. The Hall–Kier alpha value is -1.88. The number of carbonyl (C=O) groups excluding carboxylic acids is 1. The van der Waals surface area contributed by atoms with Crippen LogP contribution >= 0.6 is 0 Å². The molecule has 1 aliphatic heterocycles. The number of carbonyl (C=O) groups is 1. The molecular formula is C15H18N2O3. The maximum atomic E-state index is 12.3. The average molecular weight is 274 g/mol. The Kier molecular flexibility index (Phi) is 3.69. The van der Waals surface area contributed by atoms with Gasteiger partial charge >= 0.3 is 0 Å². The maximum Gasteiger partial charge on any atom is 0.228 e. The fraction of sp³-hybridized carbons (Fsp3) is 0.467. The molecule has 1 unspecified atom stereocenters. The molecule has 0 aliphatic carbocycles. The number of piperidine rings is 1. The number of likely N-dealkylation sites (tertiary alicyclic amines) is 1. The van der Waals surface area contributed by atoms with E-state index in [2.05, 4.69) is 5.16 Å². The van der Waals surface area contributed by atoms with Crippen LogP contribution < -0.4 is 0 Å². The van der Waals surface area contributed by atoms with Gasteiger partial charge in [-0.15, -0.1) is 0 Å². The van der Waals surface area contributed by atoms with E-state index in [4.69, 9.17) is 4.52 Å². The lowest BCUT2D eigenvalue weighted by Gasteiger charge is -2.31. The molecule has 1 aliphatic rings. The van der Waals surface area contributed by atoms with E-state index in [-0.39, 0.29) is 24.9 Å². The van der Waals surface area contributed by atoms with Crippen LogP contribution in [0.15, 0.2) is 28.8 Å². The van der Waals surface area contributed by atoms with Crippen LogP contribution in [0.4, 0.5) is 0 Å². The summed E-state index contributed by atoms with van der Waals surface area (Å²) in [5.41, 5.74) is 1.40. The van der Waals surface area contributed by atoms with Crippen LogP contribution in [0, 0.1) is 5.92 Å². The zero-order valence-corrected chi connectivity index (χ0v) is 11.3. The van der Waals surface area contributed by atoms with Crippen LogP contribution in [-0.2, 0) is 11.2 Å². The van der Waals surface area contributed by atoms with Crippen molar-refractivity contribution in [3.8, 4) is 0 Å². The molecule has 1 amide bonds. The standard InChI is InChI=1S/C15H18N2O3/c18-10-11-4-3-7-17(9-11)15(19)8-13-12-5-1-2-6-14(12)20-16-13/h1-2,5-6,11,18H,3-4,7-10H2. The monoisotopic (exact) mass is 274 g/mol. The first kappa shape index (κ1) is 13.1. The summed E-state index contributed by atoms with van der Waals surface area (Å²) >= 11 is 0. The van der Waals surface area contributed by atoms with Crippen molar-refractivity contribution in [2.75, 3.05) is 19.7 Å². The topological polar surface area (TPSA) is 66.6 Å². The first-order chi connectivity index (χ1) is 9.78. The van der Waals surface area contributed by atoms with Crippen LogP contribution in [0.1, 0.15) is 18.5 Å². The van der Waals surface area contributed by atoms with Crippen molar-refractivity contribution in [1.29, 1.82) is 0 Å². The van der Waals surface area contributed by atoms with Crippen molar-refractivity contribution in [2.45, 2.75) is 19.3 Å². The molecule has 1 N–H and O–H groups in total. The molecule has 2 aromatic rings. The minimum absolute atomic E-state index is 0.0576. The lowest BCUT2D eigenvalue weighted by Crippen LogP contribution is -2.41. The van der Waals surface area contributed by atoms with Gasteiger partial charge in [0.2, 0.25) is 5.91 Å². The van der Waals surface area contributed by atoms with Gasteiger partial charge < -0.3 is 14.5 Å². The number of benzene rings is 1. The average Bonchev–Trinajstić information content (AvgIpc) is 2.90. The first-order valence-electron chi connectivity index (χ1n) is 7.00. The van der Waals surface area contributed by atoms with Crippen molar-refractivity contribution < 1.29 is 14.4 Å². The van der Waals surface area contributed by atoms with Crippen molar-refractivity contribution in [1.82, 2.24) is 10.1 Å². The minimum atomic E-state index is 0.0576. The van der Waals surface area contributed by atoms with E-state index in [0.29, 0.717) is 17.8 Å². The predicted octanol–water partition coefficient (Wildman–Crippen LogP) is 1.60. The summed E-state index contributed by atoms with van der Waals surface area (Å²) in [7, 11) is 0. The maximum absolute atomic E-state index is 12.3. The van der Waals surface area contributed by atoms with Crippen LogP contribution in [0.2, 0.25) is 0 Å². The van der Waals surface area contributed by atoms with Crippen LogP contribution in [-0.4, -0.2) is 40.8 Å². The van der Waals surface area contributed by atoms with E-state index < -0.39 is 0 Å². The number of hydrogen-bond donors (Lipinski definition) is 1. The van der Waals surface area contributed by atoms with Gasteiger partial charge in [-0.2, -0.15) is 0 Å². The van der Waals surface area contributed by atoms with Gasteiger partial charge in [-0.05, 0) is 30.9 Å². The molecular weight excluding hydrogens is 256 g/mol. The van der Waals surface area contributed by atoms with Crippen molar-refractivity contribution in [3.05, 3.63) is 30.0 Å². The fourth-order valence-electron chi connectivity index (χ4n) is 2.76. The molecule has 0 saturated carbocycles. The fourth-order valence-corrected chi connectivity index (χ4v) is 2.76. The van der Waals surface area contributed by atoms with E-state index in [1.807, 2.05) is 29.2 Å². The summed E-state index contributed by atoms with van der Waals surface area (Å²) in [5.74, 6) is 0.268. The quantitative estimate of drug-likeness (QED) is 0.923. The number of hydrogen-bond acceptors (Lipinski definition) is 4. The molecule has 0 spiro atoms. The number of aliphatic hydroxyl groups is 1.